The van der Waals surface area contributed by atoms with Crippen molar-refractivity contribution in [3.05, 3.63) is 64.0 Å². The summed E-state index contributed by atoms with van der Waals surface area (Å²) >= 11 is 0. The van der Waals surface area contributed by atoms with Crippen LogP contribution in [0.1, 0.15) is 34.8 Å². The monoisotopic (exact) mass is 384 g/mol. The maximum Gasteiger partial charge on any atom is 0.341 e. The summed E-state index contributed by atoms with van der Waals surface area (Å²) in [5.41, 5.74) is 1.00. The fourth-order valence-electron chi connectivity index (χ4n) is 3.86. The average molecular weight is 384 g/mol. The van der Waals surface area contributed by atoms with Gasteiger partial charge in [-0.05, 0) is 32.0 Å². The Morgan fingerprint density at radius 3 is 2.75 bits per heavy atom. The van der Waals surface area contributed by atoms with E-state index in [1.165, 1.54) is 13.2 Å². The van der Waals surface area contributed by atoms with Gasteiger partial charge in [0.05, 0.1) is 18.7 Å². The molecule has 0 aliphatic carbocycles. The number of pyridine rings is 1. The first-order chi connectivity index (χ1) is 13.6. The second kappa shape index (κ2) is 7.55. The smallest absolute Gasteiger partial charge is 0.341 e. The first kappa shape index (κ1) is 18.4. The number of hydrogen-bond donors (Lipinski definition) is 1. The molecule has 3 aliphatic heterocycles. The third-order valence-corrected chi connectivity index (χ3v) is 5.25. The summed E-state index contributed by atoms with van der Waals surface area (Å²) < 4.78 is 21.1. The number of hydrogen-bond acceptors (Lipinski definition) is 5. The number of nitrogens with one attached hydrogen (secondary N) is 1. The second-order valence-corrected chi connectivity index (χ2v) is 6.96. The summed E-state index contributed by atoms with van der Waals surface area (Å²) in [7, 11) is 1.28. The van der Waals surface area contributed by atoms with Crippen LogP contribution in [0.3, 0.4) is 0 Å². The zero-order valence-corrected chi connectivity index (χ0v) is 15.5. The van der Waals surface area contributed by atoms with E-state index in [1.54, 1.807) is 29.1 Å². The van der Waals surface area contributed by atoms with E-state index in [2.05, 4.69) is 15.1 Å². The minimum Gasteiger partial charge on any atom is -0.465 e. The predicted octanol–water partition coefficient (Wildman–Crippen LogP) is 2.44. The largest absolute Gasteiger partial charge is 0.465 e. The van der Waals surface area contributed by atoms with E-state index < -0.39 is 5.97 Å². The van der Waals surface area contributed by atoms with E-state index in [0.717, 1.165) is 25.9 Å². The molecule has 0 bridgehead atoms. The zero-order chi connectivity index (χ0) is 19.7. The van der Waals surface area contributed by atoms with Crippen LogP contribution in [0.25, 0.3) is 11.3 Å². The summed E-state index contributed by atoms with van der Waals surface area (Å²) in [4.78, 5) is 26.5. The highest BCUT2D eigenvalue weighted by Crippen LogP contribution is 2.30. The Hall–Kier alpha value is -3.00. The molecule has 0 aromatic heterocycles. The molecule has 1 N–H and O–H groups in total. The van der Waals surface area contributed by atoms with Crippen molar-refractivity contribution in [1.29, 1.82) is 0 Å². The molecule has 4 rings (SSSR count). The lowest BCUT2D eigenvalue weighted by atomic mass is 10.0. The molecule has 146 valence electrons. The average Bonchev–Trinajstić information content (AvgIpc) is 3.36. The normalized spacial score (nSPS) is 15.8. The van der Waals surface area contributed by atoms with E-state index in [9.17, 15) is 14.0 Å². The summed E-state index contributed by atoms with van der Waals surface area (Å²) in [5.74, 6) is -0.837. The fourth-order valence-corrected chi connectivity index (χ4v) is 3.86. The number of aromatic amines is 1. The van der Waals surface area contributed by atoms with Gasteiger partial charge < -0.3 is 9.30 Å². The highest BCUT2D eigenvalue weighted by Gasteiger charge is 2.28. The van der Waals surface area contributed by atoms with Gasteiger partial charge >= 0.3 is 5.97 Å². The number of halogens is 1. The van der Waals surface area contributed by atoms with E-state index in [1.807, 2.05) is 6.07 Å². The Balaban J connectivity index is 1.78. The Kier molecular flexibility index (Phi) is 4.95. The van der Waals surface area contributed by atoms with Crippen LogP contribution in [-0.4, -0.2) is 45.8 Å². The third-order valence-electron chi connectivity index (χ3n) is 5.25. The molecule has 0 unspecified atom stereocenters. The number of carbonyl (C=O) groups is 1. The molecule has 0 amide bonds. The van der Waals surface area contributed by atoms with Crippen molar-refractivity contribution in [3.8, 4) is 11.3 Å². The summed E-state index contributed by atoms with van der Waals surface area (Å²) in [6, 6.07) is 6.52. The Morgan fingerprint density at radius 1 is 1.29 bits per heavy atom. The topological polar surface area (TPSA) is 80.2 Å². The van der Waals surface area contributed by atoms with Crippen molar-refractivity contribution in [2.45, 2.75) is 25.4 Å². The standard InChI is InChI=1S/C20H21FN4O3/c1-28-20(27)15-11-24(10-14-18(15)22-23-19(14)26)12-17(25-8-4-5-9-25)13-6-2-3-7-16(13)21/h2-3,6-7,10-11,17H,4-5,8-9,12H2,1H3,(H,23,26)/t17-/m1/s1. The molecule has 1 saturated heterocycles. The lowest BCUT2D eigenvalue weighted by molar-refractivity contribution is 0.0600. The quantitative estimate of drug-likeness (QED) is 0.684. The van der Waals surface area contributed by atoms with E-state index in [-0.39, 0.29) is 28.7 Å². The van der Waals surface area contributed by atoms with Gasteiger partial charge in [0.15, 0.2) is 0 Å². The van der Waals surface area contributed by atoms with E-state index >= 15 is 0 Å². The van der Waals surface area contributed by atoms with Gasteiger partial charge in [-0.25, -0.2) is 14.3 Å². The number of nitrogens with zero attached hydrogens (tertiary/aromatic N) is 3. The van der Waals surface area contributed by atoms with Gasteiger partial charge in [0.2, 0.25) is 0 Å². The van der Waals surface area contributed by atoms with Gasteiger partial charge in [0.1, 0.15) is 17.1 Å². The van der Waals surface area contributed by atoms with Crippen molar-refractivity contribution >= 4 is 5.97 Å². The molecule has 8 heteroatoms. The lowest BCUT2D eigenvalue weighted by Gasteiger charge is -2.29. The van der Waals surface area contributed by atoms with Gasteiger partial charge in [-0.1, -0.05) is 18.2 Å². The van der Waals surface area contributed by atoms with E-state index in [0.29, 0.717) is 17.7 Å². The summed E-state index contributed by atoms with van der Waals surface area (Å²) in [6.07, 6.45) is 5.39. The SMILES string of the molecule is COC(=O)c1cn(C[C@H](c2ccccc2F)N2CCCC2)cc2c(=O)[nH]nc1-2. The van der Waals surface area contributed by atoms with Crippen LogP contribution >= 0.6 is 0 Å². The number of likely N-dealkylation sites (tertiary alicyclic amines) is 1. The van der Waals surface area contributed by atoms with Crippen molar-refractivity contribution < 1.29 is 13.9 Å². The van der Waals surface area contributed by atoms with Crippen LogP contribution in [0.15, 0.2) is 41.5 Å². The van der Waals surface area contributed by atoms with Crippen LogP contribution in [0.4, 0.5) is 4.39 Å². The van der Waals surface area contributed by atoms with Crippen molar-refractivity contribution in [2.75, 3.05) is 20.2 Å². The molecule has 28 heavy (non-hydrogen) atoms. The number of carbonyl (C=O) groups excluding carboxylic acids is 1. The minimum absolute atomic E-state index is 0.201. The maximum absolute atomic E-state index is 14.6. The molecule has 3 heterocycles. The number of esters is 1. The Labute approximate surface area is 161 Å². The highest BCUT2D eigenvalue weighted by molar-refractivity contribution is 5.95. The first-order valence-electron chi connectivity index (χ1n) is 9.23. The van der Waals surface area contributed by atoms with Crippen LogP contribution in [0.5, 0.6) is 0 Å². The summed E-state index contributed by atoms with van der Waals surface area (Å²) in [6.45, 7) is 2.15. The maximum atomic E-state index is 14.6. The number of rotatable bonds is 5. The lowest BCUT2D eigenvalue weighted by Crippen LogP contribution is -2.30. The van der Waals surface area contributed by atoms with Gasteiger partial charge in [-0.2, -0.15) is 5.10 Å². The minimum atomic E-state index is -0.575. The first-order valence-corrected chi connectivity index (χ1v) is 9.23. The molecule has 1 aromatic rings. The number of benzene rings is 1. The Morgan fingerprint density at radius 2 is 2.04 bits per heavy atom. The molecular weight excluding hydrogens is 363 g/mol. The van der Waals surface area contributed by atoms with Crippen molar-refractivity contribution in [1.82, 2.24) is 19.7 Å². The van der Waals surface area contributed by atoms with E-state index in [4.69, 9.17) is 4.74 Å². The summed E-state index contributed by atoms with van der Waals surface area (Å²) in [5, 5.41) is 6.31. The molecule has 1 fully saturated rings. The number of H-pyrrole nitrogens is 1. The molecule has 0 radical (unpaired) electrons. The number of fused-ring (bicyclic) bond motifs is 1. The number of methoxy groups -OCH3 is 1. The van der Waals surface area contributed by atoms with Crippen LogP contribution in [0.2, 0.25) is 0 Å². The van der Waals surface area contributed by atoms with Crippen LogP contribution < -0.4 is 5.56 Å². The van der Waals surface area contributed by atoms with Crippen LogP contribution in [-0.2, 0) is 11.3 Å². The highest BCUT2D eigenvalue weighted by atomic mass is 19.1. The molecule has 3 aliphatic rings. The van der Waals surface area contributed by atoms with Gasteiger partial charge in [0.25, 0.3) is 5.56 Å². The molecule has 0 spiro atoms. The number of aromatic nitrogens is 3. The molecule has 7 nitrogen and oxygen atoms in total. The molecule has 1 atom stereocenters. The van der Waals surface area contributed by atoms with Crippen molar-refractivity contribution in [2.24, 2.45) is 0 Å². The second-order valence-electron chi connectivity index (χ2n) is 6.96. The van der Waals surface area contributed by atoms with Gasteiger partial charge in [-0.3, -0.25) is 9.69 Å². The Bertz CT molecular complexity index is 1020. The fraction of sp³-hybridized carbons (Fsp3) is 0.350. The predicted molar refractivity (Wildman–Crippen MR) is 101 cm³/mol. The molecule has 0 saturated carbocycles. The van der Waals surface area contributed by atoms with Crippen molar-refractivity contribution in [3.63, 3.8) is 0 Å². The molecular formula is C20H21FN4O3. The molecule has 1 aromatic carbocycles. The third kappa shape index (κ3) is 3.31. The van der Waals surface area contributed by atoms with Crippen LogP contribution in [0, 0.1) is 5.82 Å². The van der Waals surface area contributed by atoms with Gasteiger partial charge in [-0.15, -0.1) is 0 Å². The zero-order valence-electron chi connectivity index (χ0n) is 15.5. The van der Waals surface area contributed by atoms with Gasteiger partial charge in [0, 0.05) is 24.5 Å². The number of ether oxygens (including phenoxy) is 1.